The van der Waals surface area contributed by atoms with Crippen LogP contribution in [0, 0.1) is 0 Å². The second-order valence-electron chi connectivity index (χ2n) is 3.26. The summed E-state index contributed by atoms with van der Waals surface area (Å²) in [5, 5.41) is 0.657. The number of hydrogen-bond donors (Lipinski definition) is 1. The van der Waals surface area contributed by atoms with E-state index in [9.17, 15) is 4.79 Å². The predicted octanol–water partition coefficient (Wildman–Crippen LogP) is 1.58. The molecule has 4 heteroatoms. The summed E-state index contributed by atoms with van der Waals surface area (Å²) in [5.74, 6) is -0.225. The van der Waals surface area contributed by atoms with Crippen LogP contribution in [0.4, 0.5) is 0 Å². The molecule has 1 aromatic carbocycles. The highest BCUT2D eigenvalue weighted by Crippen LogP contribution is 2.17. The van der Waals surface area contributed by atoms with Crippen LogP contribution in [0.15, 0.2) is 24.3 Å². The highest BCUT2D eigenvalue weighted by Gasteiger charge is 2.15. The number of ether oxygens (including phenoxy) is 1. The van der Waals surface area contributed by atoms with Crippen molar-refractivity contribution in [2.24, 2.45) is 0 Å². The first-order valence-electron chi connectivity index (χ1n) is 4.87. The maximum Gasteiger partial charge on any atom is 0.312 e. The Balaban J connectivity index is 2.60. The van der Waals surface area contributed by atoms with E-state index >= 15 is 0 Å². The van der Waals surface area contributed by atoms with Crippen LogP contribution in [0.25, 0.3) is 0 Å². The van der Waals surface area contributed by atoms with Crippen molar-refractivity contribution in [3.05, 3.63) is 34.9 Å². The van der Waals surface area contributed by atoms with Gasteiger partial charge in [-0.05, 0) is 19.1 Å². The third kappa shape index (κ3) is 3.90. The summed E-state index contributed by atoms with van der Waals surface area (Å²) in [4.78, 5) is 11.2. The van der Waals surface area contributed by atoms with Crippen molar-refractivity contribution in [2.75, 3.05) is 6.61 Å². The van der Waals surface area contributed by atoms with Crippen molar-refractivity contribution in [1.29, 1.82) is 0 Å². The summed E-state index contributed by atoms with van der Waals surface area (Å²) in [5.41, 5.74) is 4.87. The van der Waals surface area contributed by atoms with Gasteiger partial charge in [0.15, 0.2) is 0 Å². The number of rotatable bonds is 4. The molecule has 0 bridgehead atoms. The molecule has 0 aliphatic carbocycles. The van der Waals surface area contributed by atoms with Crippen molar-refractivity contribution < 1.29 is 15.3 Å². The quantitative estimate of drug-likeness (QED) is 0.796. The molecule has 1 rings (SSSR count). The van der Waals surface area contributed by atoms with E-state index in [0.29, 0.717) is 11.6 Å². The second-order valence-corrected chi connectivity index (χ2v) is 3.70. The maximum atomic E-state index is 11.2. The van der Waals surface area contributed by atoms with Gasteiger partial charge >= 0.3 is 5.97 Å². The highest BCUT2D eigenvalue weighted by atomic mass is 35.5. The Kier molecular flexibility index (Phi) is 4.59. The molecule has 3 N–H and O–H groups in total. The van der Waals surface area contributed by atoms with E-state index in [2.05, 4.69) is 5.73 Å². The third-order valence-corrected chi connectivity index (χ3v) is 2.27. The number of hydrogen-bond acceptors (Lipinski definition) is 2. The summed E-state index contributed by atoms with van der Waals surface area (Å²) in [7, 11) is 0. The van der Waals surface area contributed by atoms with Gasteiger partial charge in [0.2, 0.25) is 0 Å². The predicted molar refractivity (Wildman–Crippen MR) is 58.3 cm³/mol. The van der Waals surface area contributed by atoms with Crippen LogP contribution in [-0.4, -0.2) is 12.6 Å². The topological polar surface area (TPSA) is 53.9 Å². The standard InChI is InChI=1S/C11H14ClNO2/c1-2-15-11(14)7-10(13)8-4-3-5-9(12)6-8/h3-6,10H,2,7,13H2,1H3/p+1. The van der Waals surface area contributed by atoms with Crippen LogP contribution in [0.3, 0.4) is 0 Å². The van der Waals surface area contributed by atoms with Crippen LogP contribution < -0.4 is 5.73 Å². The fraction of sp³-hybridized carbons (Fsp3) is 0.364. The molecule has 15 heavy (non-hydrogen) atoms. The zero-order chi connectivity index (χ0) is 11.3. The van der Waals surface area contributed by atoms with Crippen LogP contribution in [0.5, 0.6) is 0 Å². The van der Waals surface area contributed by atoms with Crippen molar-refractivity contribution in [3.63, 3.8) is 0 Å². The average molecular weight is 229 g/mol. The van der Waals surface area contributed by atoms with Gasteiger partial charge < -0.3 is 10.5 Å². The van der Waals surface area contributed by atoms with Gasteiger partial charge in [0.05, 0.1) is 6.61 Å². The Hall–Kier alpha value is -1.06. The number of benzene rings is 1. The average Bonchev–Trinajstić information content (AvgIpc) is 2.18. The molecule has 1 aromatic rings. The molecule has 0 spiro atoms. The molecule has 82 valence electrons. The highest BCUT2D eigenvalue weighted by molar-refractivity contribution is 6.30. The number of carbonyl (C=O) groups is 1. The summed E-state index contributed by atoms with van der Waals surface area (Å²) >= 11 is 5.84. The maximum absolute atomic E-state index is 11.2. The third-order valence-electron chi connectivity index (χ3n) is 2.04. The number of halogens is 1. The summed E-state index contributed by atoms with van der Waals surface area (Å²) in [6, 6.07) is 7.26. The van der Waals surface area contributed by atoms with Gasteiger partial charge in [-0.3, -0.25) is 4.79 Å². The van der Waals surface area contributed by atoms with Crippen LogP contribution >= 0.6 is 11.6 Å². The molecule has 0 fully saturated rings. The number of carbonyl (C=O) groups excluding carboxylic acids is 1. The molecule has 0 aromatic heterocycles. The van der Waals surface area contributed by atoms with Gasteiger partial charge in [0.25, 0.3) is 0 Å². The first-order valence-corrected chi connectivity index (χ1v) is 5.25. The lowest BCUT2D eigenvalue weighted by Gasteiger charge is -2.08. The molecule has 1 unspecified atom stereocenters. The van der Waals surface area contributed by atoms with Gasteiger partial charge in [-0.2, -0.15) is 0 Å². The summed E-state index contributed by atoms with van der Waals surface area (Å²) in [6.07, 6.45) is 0.286. The fourth-order valence-corrected chi connectivity index (χ4v) is 1.50. The number of esters is 1. The lowest BCUT2D eigenvalue weighted by molar-refractivity contribution is -0.425. The molecule has 0 saturated heterocycles. The Morgan fingerprint density at radius 1 is 1.60 bits per heavy atom. The molecule has 0 aliphatic heterocycles. The molecular formula is C11H15ClNO2+. The fourth-order valence-electron chi connectivity index (χ4n) is 1.30. The smallest absolute Gasteiger partial charge is 0.312 e. The minimum absolute atomic E-state index is 0.109. The first kappa shape index (κ1) is 12.0. The van der Waals surface area contributed by atoms with Crippen LogP contribution in [-0.2, 0) is 9.53 Å². The Morgan fingerprint density at radius 3 is 2.93 bits per heavy atom. The van der Waals surface area contributed by atoms with Crippen LogP contribution in [0.1, 0.15) is 24.9 Å². The van der Waals surface area contributed by atoms with Gasteiger partial charge in [-0.1, -0.05) is 23.7 Å². The minimum atomic E-state index is -0.225. The molecule has 0 heterocycles. The zero-order valence-corrected chi connectivity index (χ0v) is 9.46. The van der Waals surface area contributed by atoms with E-state index in [4.69, 9.17) is 16.3 Å². The second kappa shape index (κ2) is 5.73. The monoisotopic (exact) mass is 228 g/mol. The molecular weight excluding hydrogens is 214 g/mol. The van der Waals surface area contributed by atoms with Crippen LogP contribution in [0.2, 0.25) is 5.02 Å². The Morgan fingerprint density at radius 2 is 2.33 bits per heavy atom. The van der Waals surface area contributed by atoms with Gasteiger partial charge in [-0.25, -0.2) is 0 Å². The molecule has 0 amide bonds. The summed E-state index contributed by atoms with van der Waals surface area (Å²) in [6.45, 7) is 2.19. The number of quaternary nitrogens is 1. The van der Waals surface area contributed by atoms with E-state index in [1.54, 1.807) is 13.0 Å². The Labute approximate surface area is 94.2 Å². The Bertz CT molecular complexity index is 341. The molecule has 0 aliphatic rings. The zero-order valence-electron chi connectivity index (χ0n) is 8.70. The SMILES string of the molecule is CCOC(=O)CC([NH3+])c1cccc(Cl)c1. The van der Waals surface area contributed by atoms with E-state index in [-0.39, 0.29) is 18.4 Å². The normalized spacial score (nSPS) is 12.2. The minimum Gasteiger partial charge on any atom is -0.466 e. The molecule has 0 radical (unpaired) electrons. The van der Waals surface area contributed by atoms with Gasteiger partial charge in [-0.15, -0.1) is 0 Å². The lowest BCUT2D eigenvalue weighted by Crippen LogP contribution is -2.54. The molecule has 1 atom stereocenters. The summed E-state index contributed by atoms with van der Waals surface area (Å²) < 4.78 is 4.85. The van der Waals surface area contributed by atoms with Gasteiger partial charge in [0.1, 0.15) is 12.5 Å². The van der Waals surface area contributed by atoms with Gasteiger partial charge in [0, 0.05) is 10.6 Å². The molecule has 0 saturated carbocycles. The van der Waals surface area contributed by atoms with Crippen molar-refractivity contribution in [3.8, 4) is 0 Å². The first-order chi connectivity index (χ1) is 7.13. The van der Waals surface area contributed by atoms with E-state index in [0.717, 1.165) is 5.56 Å². The van der Waals surface area contributed by atoms with E-state index in [1.807, 2.05) is 18.2 Å². The van der Waals surface area contributed by atoms with E-state index < -0.39 is 0 Å². The largest absolute Gasteiger partial charge is 0.466 e. The molecule has 3 nitrogen and oxygen atoms in total. The van der Waals surface area contributed by atoms with E-state index in [1.165, 1.54) is 0 Å². The lowest BCUT2D eigenvalue weighted by atomic mass is 10.1. The van der Waals surface area contributed by atoms with Crippen molar-refractivity contribution in [1.82, 2.24) is 0 Å². The van der Waals surface area contributed by atoms with Crippen molar-refractivity contribution >= 4 is 17.6 Å². The van der Waals surface area contributed by atoms with Crippen molar-refractivity contribution in [2.45, 2.75) is 19.4 Å².